The molecule has 0 unspecified atom stereocenters. The smallest absolute Gasteiger partial charge is 0.233 e. The van der Waals surface area contributed by atoms with Gasteiger partial charge >= 0.3 is 0 Å². The Hall–Kier alpha value is -2.54. The Morgan fingerprint density at radius 1 is 1.11 bits per heavy atom. The van der Waals surface area contributed by atoms with Crippen molar-refractivity contribution in [3.05, 3.63) is 29.3 Å². The van der Waals surface area contributed by atoms with E-state index in [1.54, 1.807) is 6.07 Å². The molecule has 3 amide bonds. The van der Waals surface area contributed by atoms with Crippen LogP contribution in [0.25, 0.3) is 0 Å². The monoisotopic (exact) mass is 392 g/mol. The highest BCUT2D eigenvalue weighted by Crippen LogP contribution is 2.37. The summed E-state index contributed by atoms with van der Waals surface area (Å²) in [5.41, 5.74) is 0.394. The highest BCUT2D eigenvalue weighted by Gasteiger charge is 2.46. The van der Waals surface area contributed by atoms with Crippen molar-refractivity contribution in [3.63, 3.8) is 0 Å². The van der Waals surface area contributed by atoms with Crippen molar-refractivity contribution in [3.8, 4) is 11.5 Å². The Balaban J connectivity index is 1.63. The molecule has 2 atom stereocenters. The van der Waals surface area contributed by atoms with Crippen LogP contribution in [0.15, 0.2) is 24.3 Å². The van der Waals surface area contributed by atoms with E-state index in [1.807, 2.05) is 12.2 Å². The van der Waals surface area contributed by atoms with E-state index < -0.39 is 0 Å². The van der Waals surface area contributed by atoms with Gasteiger partial charge in [-0.2, -0.15) is 0 Å². The minimum atomic E-state index is -0.344. The number of likely N-dealkylation sites (tertiary alicyclic amines) is 1. The highest BCUT2D eigenvalue weighted by molar-refractivity contribution is 6.32. The number of halogens is 1. The van der Waals surface area contributed by atoms with Gasteiger partial charge in [0.25, 0.3) is 0 Å². The lowest BCUT2D eigenvalue weighted by molar-refractivity contribution is -0.140. The fraction of sp³-hybridized carbons (Fsp3) is 0.421. The summed E-state index contributed by atoms with van der Waals surface area (Å²) in [4.78, 5) is 38.4. The number of fused-ring (bicyclic) bond motifs is 1. The van der Waals surface area contributed by atoms with Crippen molar-refractivity contribution in [1.82, 2.24) is 4.90 Å². The van der Waals surface area contributed by atoms with Gasteiger partial charge in [-0.25, -0.2) is 0 Å². The Bertz CT molecular complexity index is 782. The zero-order chi connectivity index (χ0) is 19.6. The zero-order valence-corrected chi connectivity index (χ0v) is 15.9. The maximum absolute atomic E-state index is 12.4. The molecule has 7 nitrogen and oxygen atoms in total. The van der Waals surface area contributed by atoms with Gasteiger partial charge in [-0.1, -0.05) is 23.8 Å². The van der Waals surface area contributed by atoms with Crippen LogP contribution in [0, 0.1) is 11.8 Å². The second-order valence-corrected chi connectivity index (χ2v) is 6.88. The van der Waals surface area contributed by atoms with Crippen LogP contribution in [0.2, 0.25) is 5.02 Å². The number of methoxy groups -OCH3 is 2. The predicted octanol–water partition coefficient (Wildman–Crippen LogP) is 2.64. The summed E-state index contributed by atoms with van der Waals surface area (Å²) in [6.07, 6.45) is 5.03. The minimum Gasteiger partial charge on any atom is -0.495 e. The number of nitrogens with one attached hydrogen (secondary N) is 1. The van der Waals surface area contributed by atoms with Gasteiger partial charge in [0.1, 0.15) is 11.5 Å². The van der Waals surface area contributed by atoms with E-state index >= 15 is 0 Å². The molecule has 1 aromatic carbocycles. The summed E-state index contributed by atoms with van der Waals surface area (Å²) in [5, 5.41) is 3.03. The molecule has 2 aliphatic rings. The number of carbonyl (C=O) groups excluding carboxylic acids is 3. The molecule has 1 aliphatic heterocycles. The lowest BCUT2D eigenvalue weighted by atomic mass is 9.85. The number of allylic oxidation sites excluding steroid dienone is 2. The summed E-state index contributed by atoms with van der Waals surface area (Å²) in [6, 6.07) is 3.10. The fourth-order valence-corrected chi connectivity index (χ4v) is 3.71. The quantitative estimate of drug-likeness (QED) is 0.594. The Kier molecular flexibility index (Phi) is 5.70. The normalized spacial score (nSPS) is 21.2. The summed E-state index contributed by atoms with van der Waals surface area (Å²) >= 11 is 6.10. The molecule has 27 heavy (non-hydrogen) atoms. The lowest BCUT2D eigenvalue weighted by Gasteiger charge is -2.16. The number of benzene rings is 1. The first kappa shape index (κ1) is 19.2. The standard InChI is InChI=1S/C19H21ClN2O5/c1-26-15-10-16(27-2)14(9-13(15)20)21-17(23)7-8-22-18(24)11-5-3-4-6-12(11)19(22)25/h3-4,9-12H,5-8H2,1-2H3,(H,21,23)/t11-,12-/m0/s1. The number of ether oxygens (including phenoxy) is 2. The van der Waals surface area contributed by atoms with Crippen LogP contribution in [0.5, 0.6) is 11.5 Å². The zero-order valence-electron chi connectivity index (χ0n) is 15.2. The fourth-order valence-electron chi connectivity index (χ4n) is 3.47. The average Bonchev–Trinajstić information content (AvgIpc) is 2.91. The highest BCUT2D eigenvalue weighted by atomic mass is 35.5. The second kappa shape index (κ2) is 8.00. The molecular weight excluding hydrogens is 372 g/mol. The van der Waals surface area contributed by atoms with Crippen LogP contribution < -0.4 is 14.8 Å². The number of rotatable bonds is 6. The molecule has 3 rings (SSSR count). The van der Waals surface area contributed by atoms with Crippen LogP contribution in [0.4, 0.5) is 5.69 Å². The average molecular weight is 393 g/mol. The maximum atomic E-state index is 12.4. The van der Waals surface area contributed by atoms with E-state index in [9.17, 15) is 14.4 Å². The molecule has 0 aromatic heterocycles. The van der Waals surface area contributed by atoms with E-state index in [0.717, 1.165) is 0 Å². The van der Waals surface area contributed by atoms with Crippen molar-refractivity contribution >= 4 is 35.0 Å². The van der Waals surface area contributed by atoms with Gasteiger partial charge in [-0.05, 0) is 18.9 Å². The SMILES string of the molecule is COc1cc(OC)c(NC(=O)CCN2C(=O)[C@H]3CC=CC[C@@H]3C2=O)cc1Cl. The van der Waals surface area contributed by atoms with Gasteiger partial charge in [-0.15, -0.1) is 0 Å². The van der Waals surface area contributed by atoms with E-state index in [1.165, 1.54) is 25.2 Å². The number of nitrogens with zero attached hydrogens (tertiary/aromatic N) is 1. The number of hydrogen-bond acceptors (Lipinski definition) is 5. The molecule has 1 N–H and O–H groups in total. The number of hydrogen-bond donors (Lipinski definition) is 1. The summed E-state index contributed by atoms with van der Waals surface area (Å²) < 4.78 is 10.4. The Morgan fingerprint density at radius 3 is 2.26 bits per heavy atom. The van der Waals surface area contributed by atoms with Crippen molar-refractivity contribution in [1.29, 1.82) is 0 Å². The van der Waals surface area contributed by atoms with E-state index in [-0.39, 0.29) is 42.5 Å². The summed E-state index contributed by atoms with van der Waals surface area (Å²) in [7, 11) is 2.95. The first-order chi connectivity index (χ1) is 13.0. The molecule has 1 saturated heterocycles. The molecule has 1 aromatic rings. The molecular formula is C19H21ClN2O5. The largest absolute Gasteiger partial charge is 0.495 e. The molecule has 1 heterocycles. The molecule has 0 saturated carbocycles. The third-order valence-corrected chi connectivity index (χ3v) is 5.20. The number of anilines is 1. The Labute approximate surface area is 162 Å². The number of carbonyl (C=O) groups is 3. The van der Waals surface area contributed by atoms with Crippen molar-refractivity contribution in [2.45, 2.75) is 19.3 Å². The van der Waals surface area contributed by atoms with Gasteiger partial charge in [0, 0.05) is 19.0 Å². The Morgan fingerprint density at radius 2 is 1.70 bits per heavy atom. The van der Waals surface area contributed by atoms with Gasteiger partial charge in [0.2, 0.25) is 17.7 Å². The van der Waals surface area contributed by atoms with Crippen molar-refractivity contribution in [2.75, 3.05) is 26.1 Å². The van der Waals surface area contributed by atoms with Gasteiger partial charge < -0.3 is 14.8 Å². The topological polar surface area (TPSA) is 84.9 Å². The lowest BCUT2D eigenvalue weighted by Crippen LogP contribution is -2.34. The van der Waals surface area contributed by atoms with E-state index in [2.05, 4.69) is 5.32 Å². The first-order valence-corrected chi connectivity index (χ1v) is 9.05. The maximum Gasteiger partial charge on any atom is 0.233 e. The van der Waals surface area contributed by atoms with Crippen LogP contribution in [0.3, 0.4) is 0 Å². The van der Waals surface area contributed by atoms with Gasteiger partial charge in [-0.3, -0.25) is 19.3 Å². The first-order valence-electron chi connectivity index (χ1n) is 8.67. The van der Waals surface area contributed by atoms with Crippen LogP contribution in [-0.2, 0) is 14.4 Å². The summed E-state index contributed by atoms with van der Waals surface area (Å²) in [6.45, 7) is 0.0582. The molecule has 1 aliphatic carbocycles. The molecule has 1 fully saturated rings. The predicted molar refractivity (Wildman–Crippen MR) is 99.9 cm³/mol. The van der Waals surface area contributed by atoms with Crippen LogP contribution >= 0.6 is 11.6 Å². The van der Waals surface area contributed by atoms with E-state index in [0.29, 0.717) is 35.1 Å². The van der Waals surface area contributed by atoms with Crippen molar-refractivity contribution in [2.24, 2.45) is 11.8 Å². The summed E-state index contributed by atoms with van der Waals surface area (Å²) in [5.74, 6) is -0.467. The van der Waals surface area contributed by atoms with Crippen LogP contribution in [-0.4, -0.2) is 43.4 Å². The second-order valence-electron chi connectivity index (χ2n) is 6.47. The van der Waals surface area contributed by atoms with E-state index in [4.69, 9.17) is 21.1 Å². The number of amides is 3. The van der Waals surface area contributed by atoms with Gasteiger partial charge in [0.15, 0.2) is 0 Å². The number of imide groups is 1. The van der Waals surface area contributed by atoms with Gasteiger partial charge in [0.05, 0.1) is 36.8 Å². The molecule has 0 bridgehead atoms. The third kappa shape index (κ3) is 3.78. The molecule has 0 spiro atoms. The van der Waals surface area contributed by atoms with Crippen LogP contribution in [0.1, 0.15) is 19.3 Å². The minimum absolute atomic E-state index is 0.00283. The molecule has 0 radical (unpaired) electrons. The third-order valence-electron chi connectivity index (χ3n) is 4.91. The molecule has 8 heteroatoms. The van der Waals surface area contributed by atoms with Crippen molar-refractivity contribution < 1.29 is 23.9 Å². The molecule has 144 valence electrons.